The van der Waals surface area contributed by atoms with Crippen LogP contribution < -0.4 is 14.8 Å². The standard InChI is InChI=1S/C19H22N2O4/c1-13(14-8-10-20-11-9-14)21-19(23)7-5-16(22)15-4-6-17(24-2)18(12-15)25-3/h4,6,8-13H,5,7H2,1-3H3,(H,21,23)/t13-/m1/s1. The molecule has 0 saturated heterocycles. The lowest BCUT2D eigenvalue weighted by Gasteiger charge is -2.14. The molecule has 0 saturated carbocycles. The topological polar surface area (TPSA) is 77.5 Å². The average Bonchev–Trinajstić information content (AvgIpc) is 2.66. The van der Waals surface area contributed by atoms with E-state index in [4.69, 9.17) is 9.47 Å². The van der Waals surface area contributed by atoms with E-state index in [0.29, 0.717) is 17.1 Å². The zero-order chi connectivity index (χ0) is 18.2. The quantitative estimate of drug-likeness (QED) is 0.746. The van der Waals surface area contributed by atoms with Crippen molar-refractivity contribution in [2.24, 2.45) is 0 Å². The molecular weight excluding hydrogens is 320 g/mol. The number of ether oxygens (including phenoxy) is 2. The van der Waals surface area contributed by atoms with Crippen molar-refractivity contribution in [1.29, 1.82) is 0 Å². The second-order valence-corrected chi connectivity index (χ2v) is 5.56. The predicted octanol–water partition coefficient (Wildman–Crippen LogP) is 2.94. The molecule has 2 aromatic rings. The molecule has 1 aromatic carbocycles. The van der Waals surface area contributed by atoms with Crippen molar-refractivity contribution in [3.8, 4) is 11.5 Å². The summed E-state index contributed by atoms with van der Waals surface area (Å²) in [7, 11) is 3.05. The van der Waals surface area contributed by atoms with Crippen LogP contribution in [0.3, 0.4) is 0 Å². The SMILES string of the molecule is COc1ccc(C(=O)CCC(=O)N[C@H](C)c2ccncc2)cc1OC. The number of carbonyl (C=O) groups excluding carboxylic acids is 2. The molecular formula is C19H22N2O4. The Morgan fingerprint density at radius 1 is 1.04 bits per heavy atom. The monoisotopic (exact) mass is 342 g/mol. The van der Waals surface area contributed by atoms with Crippen LogP contribution in [0.2, 0.25) is 0 Å². The molecule has 2 rings (SSSR count). The summed E-state index contributed by atoms with van der Waals surface area (Å²) >= 11 is 0. The summed E-state index contributed by atoms with van der Waals surface area (Å²) in [6, 6.07) is 8.53. The van der Waals surface area contributed by atoms with Gasteiger partial charge in [0.15, 0.2) is 17.3 Å². The van der Waals surface area contributed by atoms with Gasteiger partial charge >= 0.3 is 0 Å². The molecule has 0 fully saturated rings. The van der Waals surface area contributed by atoms with Gasteiger partial charge in [-0.05, 0) is 42.8 Å². The van der Waals surface area contributed by atoms with Gasteiger partial charge in [-0.3, -0.25) is 14.6 Å². The second-order valence-electron chi connectivity index (χ2n) is 5.56. The van der Waals surface area contributed by atoms with E-state index in [-0.39, 0.29) is 30.6 Å². The summed E-state index contributed by atoms with van der Waals surface area (Å²) in [6.45, 7) is 1.89. The van der Waals surface area contributed by atoms with Crippen molar-refractivity contribution in [2.45, 2.75) is 25.8 Å². The highest BCUT2D eigenvalue weighted by atomic mass is 16.5. The minimum absolute atomic E-state index is 0.118. The third kappa shape index (κ3) is 5.04. The summed E-state index contributed by atoms with van der Waals surface area (Å²) in [6.07, 6.45) is 3.62. The molecule has 25 heavy (non-hydrogen) atoms. The third-order valence-corrected chi connectivity index (χ3v) is 3.87. The van der Waals surface area contributed by atoms with Crippen molar-refractivity contribution in [3.63, 3.8) is 0 Å². The normalized spacial score (nSPS) is 11.5. The maximum atomic E-state index is 12.3. The largest absolute Gasteiger partial charge is 0.493 e. The Labute approximate surface area is 147 Å². The van der Waals surface area contributed by atoms with E-state index in [1.54, 1.807) is 30.6 Å². The molecule has 0 aliphatic rings. The molecule has 0 bridgehead atoms. The smallest absolute Gasteiger partial charge is 0.220 e. The van der Waals surface area contributed by atoms with E-state index in [1.165, 1.54) is 14.2 Å². The molecule has 0 aliphatic heterocycles. The summed E-state index contributed by atoms with van der Waals surface area (Å²) < 4.78 is 10.3. The van der Waals surface area contributed by atoms with Crippen LogP contribution in [0.25, 0.3) is 0 Å². The van der Waals surface area contributed by atoms with Crippen molar-refractivity contribution in [2.75, 3.05) is 14.2 Å². The van der Waals surface area contributed by atoms with Gasteiger partial charge in [-0.1, -0.05) is 0 Å². The van der Waals surface area contributed by atoms with Gasteiger partial charge in [0, 0.05) is 30.8 Å². The van der Waals surface area contributed by atoms with Crippen molar-refractivity contribution in [1.82, 2.24) is 10.3 Å². The Bertz CT molecular complexity index is 731. The van der Waals surface area contributed by atoms with E-state index in [0.717, 1.165) is 5.56 Å². The molecule has 0 aliphatic carbocycles. The number of hydrogen-bond donors (Lipinski definition) is 1. The number of hydrogen-bond acceptors (Lipinski definition) is 5. The summed E-state index contributed by atoms with van der Waals surface area (Å²) in [5, 5.41) is 2.88. The van der Waals surface area contributed by atoms with Gasteiger partial charge in [-0.15, -0.1) is 0 Å². The van der Waals surface area contributed by atoms with Gasteiger partial charge in [0.1, 0.15) is 0 Å². The van der Waals surface area contributed by atoms with Crippen LogP contribution in [0.15, 0.2) is 42.7 Å². The van der Waals surface area contributed by atoms with Gasteiger partial charge in [0.2, 0.25) is 5.91 Å². The molecule has 1 atom stereocenters. The summed E-state index contributed by atoms with van der Waals surface area (Å²) in [4.78, 5) is 28.3. The molecule has 0 radical (unpaired) electrons. The van der Waals surface area contributed by atoms with Crippen LogP contribution in [0, 0.1) is 0 Å². The Morgan fingerprint density at radius 2 is 1.72 bits per heavy atom. The zero-order valence-corrected chi connectivity index (χ0v) is 14.6. The van der Waals surface area contributed by atoms with Crippen LogP contribution in [0.5, 0.6) is 11.5 Å². The number of carbonyl (C=O) groups is 2. The molecule has 132 valence electrons. The van der Waals surface area contributed by atoms with E-state index in [2.05, 4.69) is 10.3 Å². The van der Waals surface area contributed by atoms with Gasteiger partial charge < -0.3 is 14.8 Å². The van der Waals surface area contributed by atoms with Crippen molar-refractivity contribution >= 4 is 11.7 Å². The van der Waals surface area contributed by atoms with Crippen LogP contribution >= 0.6 is 0 Å². The van der Waals surface area contributed by atoms with Crippen molar-refractivity contribution in [3.05, 3.63) is 53.9 Å². The molecule has 1 amide bonds. The lowest BCUT2D eigenvalue weighted by molar-refractivity contribution is -0.121. The number of aromatic nitrogens is 1. The maximum absolute atomic E-state index is 12.3. The highest BCUT2D eigenvalue weighted by Gasteiger charge is 2.14. The minimum Gasteiger partial charge on any atom is -0.493 e. The van der Waals surface area contributed by atoms with Gasteiger partial charge in [-0.2, -0.15) is 0 Å². The number of benzene rings is 1. The number of Topliss-reactive ketones (excluding diaryl/α,β-unsaturated/α-hetero) is 1. The van der Waals surface area contributed by atoms with Crippen LogP contribution in [0.1, 0.15) is 41.7 Å². The number of nitrogens with one attached hydrogen (secondary N) is 1. The first kappa shape index (κ1) is 18.4. The van der Waals surface area contributed by atoms with Crippen LogP contribution in [-0.4, -0.2) is 30.9 Å². The first-order chi connectivity index (χ1) is 12.0. The second kappa shape index (κ2) is 8.82. The van der Waals surface area contributed by atoms with Gasteiger partial charge in [0.25, 0.3) is 0 Å². The van der Waals surface area contributed by atoms with Crippen LogP contribution in [-0.2, 0) is 4.79 Å². The fourth-order valence-electron chi connectivity index (χ4n) is 2.43. The summed E-state index contributed by atoms with van der Waals surface area (Å²) in [5.74, 6) is 0.762. The molecule has 1 aromatic heterocycles. The fraction of sp³-hybridized carbons (Fsp3) is 0.316. The molecule has 1 N–H and O–H groups in total. The number of ketones is 1. The maximum Gasteiger partial charge on any atom is 0.220 e. The first-order valence-corrected chi connectivity index (χ1v) is 7.99. The lowest BCUT2D eigenvalue weighted by atomic mass is 10.1. The molecule has 6 heteroatoms. The molecule has 6 nitrogen and oxygen atoms in total. The number of pyridine rings is 1. The zero-order valence-electron chi connectivity index (χ0n) is 14.6. The van der Waals surface area contributed by atoms with Crippen molar-refractivity contribution < 1.29 is 19.1 Å². The van der Waals surface area contributed by atoms with E-state index in [9.17, 15) is 9.59 Å². The minimum atomic E-state index is -0.168. The predicted molar refractivity (Wildman–Crippen MR) is 93.9 cm³/mol. The van der Waals surface area contributed by atoms with E-state index < -0.39 is 0 Å². The Balaban J connectivity index is 1.90. The molecule has 0 unspecified atom stereocenters. The van der Waals surface area contributed by atoms with E-state index in [1.807, 2.05) is 19.1 Å². The number of methoxy groups -OCH3 is 2. The highest BCUT2D eigenvalue weighted by molar-refractivity contribution is 5.98. The van der Waals surface area contributed by atoms with Crippen LogP contribution in [0.4, 0.5) is 0 Å². The number of rotatable bonds is 8. The highest BCUT2D eigenvalue weighted by Crippen LogP contribution is 2.28. The average molecular weight is 342 g/mol. The number of nitrogens with zero attached hydrogens (tertiary/aromatic N) is 1. The lowest BCUT2D eigenvalue weighted by Crippen LogP contribution is -2.26. The molecule has 0 spiro atoms. The fourth-order valence-corrected chi connectivity index (χ4v) is 2.43. The van der Waals surface area contributed by atoms with Gasteiger partial charge in [0.05, 0.1) is 20.3 Å². The molecule has 1 heterocycles. The third-order valence-electron chi connectivity index (χ3n) is 3.87. The summed E-state index contributed by atoms with van der Waals surface area (Å²) in [5.41, 5.74) is 1.46. The first-order valence-electron chi connectivity index (χ1n) is 7.99. The Hall–Kier alpha value is -2.89. The number of amides is 1. The Kier molecular flexibility index (Phi) is 6.51. The Morgan fingerprint density at radius 3 is 2.36 bits per heavy atom. The van der Waals surface area contributed by atoms with E-state index >= 15 is 0 Å². The van der Waals surface area contributed by atoms with Gasteiger partial charge in [-0.25, -0.2) is 0 Å².